The number of allylic oxidation sites excluding steroid dienone is 2. The van der Waals surface area contributed by atoms with E-state index in [1.807, 2.05) is 0 Å². The number of hydrogen-bond donors (Lipinski definition) is 0. The van der Waals surface area contributed by atoms with Crippen LogP contribution in [0, 0.1) is 23.2 Å². The van der Waals surface area contributed by atoms with Gasteiger partial charge in [-0.1, -0.05) is 12.5 Å². The van der Waals surface area contributed by atoms with Gasteiger partial charge in [0.2, 0.25) is 0 Å². The van der Waals surface area contributed by atoms with Crippen molar-refractivity contribution in [2.45, 2.75) is 25.7 Å². The van der Waals surface area contributed by atoms with Crippen LogP contribution < -0.4 is 0 Å². The molecule has 0 heterocycles. The number of rotatable bonds is 2. The minimum absolute atomic E-state index is 0.340. The van der Waals surface area contributed by atoms with Crippen LogP contribution in [0.3, 0.4) is 0 Å². The first kappa shape index (κ1) is 8.39. The van der Waals surface area contributed by atoms with E-state index in [0.29, 0.717) is 17.8 Å². The Labute approximate surface area is 83.4 Å². The maximum absolute atomic E-state index is 11.1. The van der Waals surface area contributed by atoms with E-state index in [0.717, 1.165) is 24.6 Å². The van der Waals surface area contributed by atoms with Crippen molar-refractivity contribution >= 4 is 12.6 Å². The van der Waals surface area contributed by atoms with Gasteiger partial charge in [0.15, 0.2) is 0 Å². The van der Waals surface area contributed by atoms with Gasteiger partial charge in [-0.3, -0.25) is 4.79 Å². The van der Waals surface area contributed by atoms with Crippen LogP contribution in [0.25, 0.3) is 0 Å². The molecule has 4 atom stereocenters. The Bertz CT molecular complexity index is 331. The fourth-order valence-corrected chi connectivity index (χ4v) is 3.63. The molecule has 2 heteroatoms. The van der Waals surface area contributed by atoms with Crippen molar-refractivity contribution in [1.29, 1.82) is 0 Å². The number of carbonyl (C=O) groups is 2. The zero-order valence-electron chi connectivity index (χ0n) is 8.11. The first-order chi connectivity index (χ1) is 6.81. The Balaban J connectivity index is 2.03. The molecule has 2 nitrogen and oxygen atoms in total. The third-order valence-electron chi connectivity index (χ3n) is 4.47. The van der Waals surface area contributed by atoms with E-state index in [-0.39, 0.29) is 5.41 Å². The second-order valence-electron chi connectivity index (χ2n) is 4.97. The maximum Gasteiger partial charge on any atom is 0.146 e. The topological polar surface area (TPSA) is 34.1 Å². The zero-order valence-corrected chi connectivity index (χ0v) is 8.11. The van der Waals surface area contributed by atoms with Crippen molar-refractivity contribution in [1.82, 2.24) is 0 Å². The normalized spacial score (nSPS) is 48.9. The van der Waals surface area contributed by atoms with Gasteiger partial charge < -0.3 is 4.79 Å². The van der Waals surface area contributed by atoms with E-state index >= 15 is 0 Å². The van der Waals surface area contributed by atoms with Gasteiger partial charge in [0.1, 0.15) is 12.6 Å². The van der Waals surface area contributed by atoms with Crippen LogP contribution in [0.1, 0.15) is 25.7 Å². The van der Waals surface area contributed by atoms with Gasteiger partial charge in [0, 0.05) is 5.57 Å². The fraction of sp³-hybridized carbons (Fsp3) is 0.667. The molecule has 0 bridgehead atoms. The van der Waals surface area contributed by atoms with Crippen molar-refractivity contribution in [3.63, 3.8) is 0 Å². The van der Waals surface area contributed by atoms with Crippen LogP contribution >= 0.6 is 0 Å². The van der Waals surface area contributed by atoms with Crippen molar-refractivity contribution < 1.29 is 9.59 Å². The maximum atomic E-state index is 11.1. The van der Waals surface area contributed by atoms with E-state index in [1.54, 1.807) is 0 Å². The molecule has 3 rings (SSSR count). The van der Waals surface area contributed by atoms with E-state index in [4.69, 9.17) is 0 Å². The SMILES string of the molecule is O=CC1=CC2CCCC2[C@H]2C[C@@]12C=O. The molecule has 74 valence electrons. The smallest absolute Gasteiger partial charge is 0.146 e. The summed E-state index contributed by atoms with van der Waals surface area (Å²) in [6.45, 7) is 0. The van der Waals surface area contributed by atoms with Gasteiger partial charge in [-0.15, -0.1) is 0 Å². The molecular weight excluding hydrogens is 176 g/mol. The Morgan fingerprint density at radius 3 is 2.93 bits per heavy atom. The Kier molecular flexibility index (Phi) is 1.53. The summed E-state index contributed by atoms with van der Waals surface area (Å²) in [5.41, 5.74) is 0.438. The lowest BCUT2D eigenvalue weighted by Crippen LogP contribution is -2.24. The van der Waals surface area contributed by atoms with Crippen LogP contribution in [-0.2, 0) is 9.59 Å². The summed E-state index contributed by atoms with van der Waals surface area (Å²) in [6.07, 6.45) is 8.69. The number of hydrogen-bond acceptors (Lipinski definition) is 2. The molecule has 0 N–H and O–H groups in total. The van der Waals surface area contributed by atoms with Gasteiger partial charge in [-0.25, -0.2) is 0 Å². The van der Waals surface area contributed by atoms with Crippen molar-refractivity contribution in [3.05, 3.63) is 11.6 Å². The Morgan fingerprint density at radius 1 is 1.36 bits per heavy atom. The van der Waals surface area contributed by atoms with Crippen LogP contribution in [0.15, 0.2) is 11.6 Å². The summed E-state index contributed by atoms with van der Waals surface area (Å²) in [7, 11) is 0. The Morgan fingerprint density at radius 2 is 2.21 bits per heavy atom. The zero-order chi connectivity index (χ0) is 9.76. The Hall–Kier alpha value is -0.920. The first-order valence-electron chi connectivity index (χ1n) is 5.45. The number of aldehydes is 2. The highest BCUT2D eigenvalue weighted by Crippen LogP contribution is 2.66. The molecule has 14 heavy (non-hydrogen) atoms. The van der Waals surface area contributed by atoms with Gasteiger partial charge in [-0.2, -0.15) is 0 Å². The monoisotopic (exact) mass is 190 g/mol. The molecule has 0 amide bonds. The first-order valence-corrected chi connectivity index (χ1v) is 5.45. The standard InChI is InChI=1S/C12H14O2/c13-6-9-4-8-2-1-3-10(8)11-5-12(9,11)7-14/h4,6-8,10-11H,1-3,5H2/t8?,10?,11-,12-/m1/s1. The van der Waals surface area contributed by atoms with Gasteiger partial charge in [0.05, 0.1) is 5.41 Å². The van der Waals surface area contributed by atoms with E-state index in [2.05, 4.69) is 6.08 Å². The largest absolute Gasteiger partial charge is 0.302 e. The van der Waals surface area contributed by atoms with E-state index < -0.39 is 0 Å². The number of fused-ring (bicyclic) bond motifs is 3. The van der Waals surface area contributed by atoms with Crippen LogP contribution in [-0.4, -0.2) is 12.6 Å². The molecule has 0 saturated heterocycles. The molecule has 2 fully saturated rings. The summed E-state index contributed by atoms with van der Waals surface area (Å²) in [6, 6.07) is 0. The third kappa shape index (κ3) is 0.819. The predicted molar refractivity (Wildman–Crippen MR) is 51.6 cm³/mol. The summed E-state index contributed by atoms with van der Waals surface area (Å²) in [5.74, 6) is 1.79. The summed E-state index contributed by atoms with van der Waals surface area (Å²) in [5, 5.41) is 0. The second-order valence-corrected chi connectivity index (χ2v) is 4.97. The molecule has 3 aliphatic carbocycles. The van der Waals surface area contributed by atoms with Gasteiger partial charge in [0.25, 0.3) is 0 Å². The molecule has 0 aromatic carbocycles. The number of carbonyl (C=O) groups excluding carboxylic acids is 2. The highest BCUT2D eigenvalue weighted by molar-refractivity contribution is 5.88. The lowest BCUT2D eigenvalue weighted by molar-refractivity contribution is -0.114. The molecule has 2 saturated carbocycles. The quantitative estimate of drug-likeness (QED) is 0.622. The minimum atomic E-state index is -0.340. The average molecular weight is 190 g/mol. The summed E-state index contributed by atoms with van der Waals surface area (Å²) < 4.78 is 0. The lowest BCUT2D eigenvalue weighted by Gasteiger charge is -2.25. The molecule has 0 aliphatic heterocycles. The average Bonchev–Trinajstić information content (AvgIpc) is 2.80. The summed E-state index contributed by atoms with van der Waals surface area (Å²) >= 11 is 0. The third-order valence-corrected chi connectivity index (χ3v) is 4.47. The van der Waals surface area contributed by atoms with Crippen molar-refractivity contribution in [2.24, 2.45) is 23.2 Å². The minimum Gasteiger partial charge on any atom is -0.302 e. The summed E-state index contributed by atoms with van der Waals surface area (Å²) in [4.78, 5) is 22.0. The molecule has 2 unspecified atom stereocenters. The molecule has 0 aromatic rings. The van der Waals surface area contributed by atoms with Crippen molar-refractivity contribution in [2.75, 3.05) is 0 Å². The highest BCUT2D eigenvalue weighted by Gasteiger charge is 2.63. The molecule has 0 spiro atoms. The molecule has 0 aromatic heterocycles. The van der Waals surface area contributed by atoms with Crippen LogP contribution in [0.5, 0.6) is 0 Å². The van der Waals surface area contributed by atoms with Gasteiger partial charge >= 0.3 is 0 Å². The second kappa shape index (κ2) is 2.56. The fourth-order valence-electron chi connectivity index (χ4n) is 3.63. The lowest BCUT2D eigenvalue weighted by atomic mass is 9.77. The van der Waals surface area contributed by atoms with Gasteiger partial charge in [-0.05, 0) is 37.0 Å². The predicted octanol–water partition coefficient (Wildman–Crippen LogP) is 1.75. The highest BCUT2D eigenvalue weighted by atomic mass is 16.1. The van der Waals surface area contributed by atoms with Crippen molar-refractivity contribution in [3.8, 4) is 0 Å². The van der Waals surface area contributed by atoms with Crippen LogP contribution in [0.2, 0.25) is 0 Å². The van der Waals surface area contributed by atoms with E-state index in [1.165, 1.54) is 19.3 Å². The van der Waals surface area contributed by atoms with Crippen LogP contribution in [0.4, 0.5) is 0 Å². The molecule has 0 radical (unpaired) electrons. The van der Waals surface area contributed by atoms with E-state index in [9.17, 15) is 9.59 Å². The molecular formula is C12H14O2. The molecule has 3 aliphatic rings.